The molecule has 0 atom stereocenters. The van der Waals surface area contributed by atoms with E-state index in [0.29, 0.717) is 17.5 Å². The van der Waals surface area contributed by atoms with Gasteiger partial charge in [-0.3, -0.25) is 0 Å². The van der Waals surface area contributed by atoms with Crippen LogP contribution in [0.5, 0.6) is 0 Å². The average molecular weight is 415 g/mol. The van der Waals surface area contributed by atoms with Crippen molar-refractivity contribution in [1.82, 2.24) is 10.3 Å². The van der Waals surface area contributed by atoms with Crippen LogP contribution < -0.4 is 10.6 Å². The van der Waals surface area contributed by atoms with Crippen LogP contribution in [0.1, 0.15) is 11.1 Å². The summed E-state index contributed by atoms with van der Waals surface area (Å²) in [6, 6.07) is 10.2. The highest BCUT2D eigenvalue weighted by molar-refractivity contribution is 9.11. The van der Waals surface area contributed by atoms with E-state index in [1.807, 2.05) is 6.07 Å². The second-order valence-corrected chi connectivity index (χ2v) is 6.46. The van der Waals surface area contributed by atoms with Gasteiger partial charge in [0.15, 0.2) is 5.11 Å². The van der Waals surface area contributed by atoms with Gasteiger partial charge >= 0.3 is 0 Å². The molecular formula is C14H13Br2N3S. The van der Waals surface area contributed by atoms with E-state index in [1.54, 1.807) is 6.20 Å². The number of halogens is 2. The maximum absolute atomic E-state index is 5.26. The molecule has 0 fully saturated rings. The summed E-state index contributed by atoms with van der Waals surface area (Å²) in [6.45, 7) is 2.75. The van der Waals surface area contributed by atoms with E-state index in [2.05, 4.69) is 78.7 Å². The molecule has 0 saturated carbocycles. The van der Waals surface area contributed by atoms with Crippen molar-refractivity contribution in [1.29, 1.82) is 0 Å². The van der Waals surface area contributed by atoms with E-state index < -0.39 is 0 Å². The standard InChI is InChI=1S/C14H13Br2N3S/c1-9-2-4-10(5-3-9)7-18-14(20)19-13-12(16)6-11(15)8-17-13/h2-6,8H,7H2,1H3,(H2,17,18,19,20). The zero-order chi connectivity index (χ0) is 14.5. The fourth-order valence-electron chi connectivity index (χ4n) is 1.55. The smallest absolute Gasteiger partial charge is 0.172 e. The topological polar surface area (TPSA) is 37.0 Å². The van der Waals surface area contributed by atoms with Crippen LogP contribution >= 0.6 is 44.1 Å². The number of aromatic nitrogens is 1. The van der Waals surface area contributed by atoms with Crippen molar-refractivity contribution >= 4 is 55.0 Å². The van der Waals surface area contributed by atoms with E-state index in [-0.39, 0.29) is 0 Å². The Bertz CT molecular complexity index is 614. The average Bonchev–Trinajstić information content (AvgIpc) is 2.41. The van der Waals surface area contributed by atoms with Crippen LogP contribution in [0.4, 0.5) is 5.82 Å². The molecule has 2 rings (SSSR count). The predicted molar refractivity (Wildman–Crippen MR) is 93.9 cm³/mol. The Morgan fingerprint density at radius 2 is 1.95 bits per heavy atom. The van der Waals surface area contributed by atoms with E-state index in [1.165, 1.54) is 11.1 Å². The number of rotatable bonds is 3. The highest BCUT2D eigenvalue weighted by atomic mass is 79.9. The maximum atomic E-state index is 5.26. The van der Waals surface area contributed by atoms with Crippen LogP contribution in [0.3, 0.4) is 0 Å². The van der Waals surface area contributed by atoms with E-state index in [0.717, 1.165) is 8.95 Å². The Labute approximate surface area is 140 Å². The van der Waals surface area contributed by atoms with Gasteiger partial charge in [0.2, 0.25) is 0 Å². The fourth-order valence-corrected chi connectivity index (χ4v) is 2.80. The van der Waals surface area contributed by atoms with Gasteiger partial charge in [-0.25, -0.2) is 4.98 Å². The van der Waals surface area contributed by atoms with Crippen molar-refractivity contribution in [2.75, 3.05) is 5.32 Å². The predicted octanol–water partition coefficient (Wildman–Crippen LogP) is 4.40. The van der Waals surface area contributed by atoms with Crippen molar-refractivity contribution in [3.63, 3.8) is 0 Å². The SMILES string of the molecule is Cc1ccc(CNC(=S)Nc2ncc(Br)cc2Br)cc1. The van der Waals surface area contributed by atoms with Crippen LogP contribution in [0.15, 0.2) is 45.5 Å². The molecule has 0 aliphatic carbocycles. The van der Waals surface area contributed by atoms with E-state index >= 15 is 0 Å². The number of hydrogen-bond acceptors (Lipinski definition) is 2. The second-order valence-electron chi connectivity index (χ2n) is 4.28. The first-order chi connectivity index (χ1) is 9.54. The lowest BCUT2D eigenvalue weighted by Gasteiger charge is -2.11. The van der Waals surface area contributed by atoms with Crippen molar-refractivity contribution in [2.24, 2.45) is 0 Å². The lowest BCUT2D eigenvalue weighted by Crippen LogP contribution is -2.28. The van der Waals surface area contributed by atoms with Gasteiger partial charge < -0.3 is 10.6 Å². The molecule has 2 aromatic rings. The van der Waals surface area contributed by atoms with Crippen molar-refractivity contribution < 1.29 is 0 Å². The molecule has 3 nitrogen and oxygen atoms in total. The number of nitrogens with zero attached hydrogens (tertiary/aromatic N) is 1. The Balaban J connectivity index is 1.90. The number of nitrogens with one attached hydrogen (secondary N) is 2. The maximum Gasteiger partial charge on any atom is 0.172 e. The minimum absolute atomic E-state index is 0.543. The number of anilines is 1. The van der Waals surface area contributed by atoms with Crippen LogP contribution in [0.25, 0.3) is 0 Å². The molecule has 1 heterocycles. The number of pyridine rings is 1. The normalized spacial score (nSPS) is 10.2. The van der Waals surface area contributed by atoms with Crippen LogP contribution in [-0.4, -0.2) is 10.1 Å². The monoisotopic (exact) mass is 413 g/mol. The molecule has 0 unspecified atom stereocenters. The van der Waals surface area contributed by atoms with Gasteiger partial charge in [0.05, 0.1) is 4.47 Å². The van der Waals surface area contributed by atoms with Gasteiger partial charge in [-0.05, 0) is 62.6 Å². The van der Waals surface area contributed by atoms with Crippen molar-refractivity contribution in [3.8, 4) is 0 Å². The first-order valence-corrected chi connectivity index (χ1v) is 7.95. The zero-order valence-electron chi connectivity index (χ0n) is 10.8. The second kappa shape index (κ2) is 7.15. The number of hydrogen-bond donors (Lipinski definition) is 2. The van der Waals surface area contributed by atoms with Crippen LogP contribution in [-0.2, 0) is 6.54 Å². The quantitative estimate of drug-likeness (QED) is 0.729. The molecule has 0 radical (unpaired) electrons. The molecule has 0 saturated heterocycles. The molecule has 6 heteroatoms. The summed E-state index contributed by atoms with van der Waals surface area (Å²) in [5.74, 6) is 0.689. The first-order valence-electron chi connectivity index (χ1n) is 5.96. The zero-order valence-corrected chi connectivity index (χ0v) is 14.8. The first kappa shape index (κ1) is 15.4. The summed E-state index contributed by atoms with van der Waals surface area (Å²) >= 11 is 12.1. The van der Waals surface area contributed by atoms with Crippen molar-refractivity contribution in [2.45, 2.75) is 13.5 Å². The van der Waals surface area contributed by atoms with Gasteiger partial charge in [0.25, 0.3) is 0 Å². The van der Waals surface area contributed by atoms with E-state index in [9.17, 15) is 0 Å². The molecule has 0 bridgehead atoms. The molecule has 20 heavy (non-hydrogen) atoms. The lowest BCUT2D eigenvalue weighted by atomic mass is 10.1. The Morgan fingerprint density at radius 3 is 2.60 bits per heavy atom. The van der Waals surface area contributed by atoms with Crippen LogP contribution in [0.2, 0.25) is 0 Å². The summed E-state index contributed by atoms with van der Waals surface area (Å²) in [7, 11) is 0. The highest BCUT2D eigenvalue weighted by Gasteiger charge is 2.04. The summed E-state index contributed by atoms with van der Waals surface area (Å²) < 4.78 is 1.76. The molecule has 0 aliphatic heterocycles. The Morgan fingerprint density at radius 1 is 1.25 bits per heavy atom. The lowest BCUT2D eigenvalue weighted by molar-refractivity contribution is 0.924. The Kier molecular flexibility index (Phi) is 5.51. The molecule has 104 valence electrons. The minimum atomic E-state index is 0.543. The highest BCUT2D eigenvalue weighted by Crippen LogP contribution is 2.23. The Hall–Kier alpha value is -0.980. The summed E-state index contributed by atoms with van der Waals surface area (Å²) in [5, 5.41) is 6.76. The molecule has 0 spiro atoms. The third-order valence-corrected chi connectivity index (χ3v) is 3.90. The largest absolute Gasteiger partial charge is 0.358 e. The van der Waals surface area contributed by atoms with Crippen LogP contribution in [0, 0.1) is 6.92 Å². The number of thiocarbonyl (C=S) groups is 1. The molecule has 1 aromatic carbocycles. The summed E-state index contributed by atoms with van der Waals surface area (Å²) in [5.41, 5.74) is 2.43. The number of benzene rings is 1. The van der Waals surface area contributed by atoms with Gasteiger partial charge in [0, 0.05) is 17.2 Å². The molecule has 2 N–H and O–H groups in total. The summed E-state index contributed by atoms with van der Waals surface area (Å²) in [6.07, 6.45) is 1.72. The molecule has 1 aromatic heterocycles. The van der Waals surface area contributed by atoms with E-state index in [4.69, 9.17) is 12.2 Å². The number of aryl methyl sites for hydroxylation is 1. The molecule has 0 aliphatic rings. The molecule has 0 amide bonds. The third-order valence-electron chi connectivity index (χ3n) is 2.61. The fraction of sp³-hybridized carbons (Fsp3) is 0.143. The molecular weight excluding hydrogens is 402 g/mol. The van der Waals surface area contributed by atoms with Gasteiger partial charge in [-0.2, -0.15) is 0 Å². The summed E-state index contributed by atoms with van der Waals surface area (Å²) in [4.78, 5) is 4.25. The van der Waals surface area contributed by atoms with Gasteiger partial charge in [-0.15, -0.1) is 0 Å². The third kappa shape index (κ3) is 4.54. The van der Waals surface area contributed by atoms with Gasteiger partial charge in [-0.1, -0.05) is 29.8 Å². The minimum Gasteiger partial charge on any atom is -0.358 e. The van der Waals surface area contributed by atoms with Gasteiger partial charge in [0.1, 0.15) is 5.82 Å². The van der Waals surface area contributed by atoms with Crippen molar-refractivity contribution in [3.05, 3.63) is 56.6 Å².